The summed E-state index contributed by atoms with van der Waals surface area (Å²) in [5.74, 6) is 0.425. The molecule has 8 nitrogen and oxygen atoms in total. The summed E-state index contributed by atoms with van der Waals surface area (Å²) in [7, 11) is 2.15. The minimum atomic E-state index is -1.06. The van der Waals surface area contributed by atoms with E-state index in [0.29, 0.717) is 39.2 Å². The van der Waals surface area contributed by atoms with Crippen LogP contribution in [0.3, 0.4) is 0 Å². The molecular formula is C29H31ClN6O2S. The lowest BCUT2D eigenvalue weighted by Crippen LogP contribution is -2.44. The number of pyridine rings is 1. The van der Waals surface area contributed by atoms with Gasteiger partial charge < -0.3 is 19.7 Å². The first-order chi connectivity index (χ1) is 18.9. The third kappa shape index (κ3) is 5.36. The van der Waals surface area contributed by atoms with E-state index >= 15 is 0 Å². The summed E-state index contributed by atoms with van der Waals surface area (Å²) in [5.41, 5.74) is 3.55. The van der Waals surface area contributed by atoms with Crippen LogP contribution < -0.4 is 15.8 Å². The van der Waals surface area contributed by atoms with Gasteiger partial charge in [-0.1, -0.05) is 11.6 Å². The largest absolute Gasteiger partial charge is 0.611 e. The maximum Gasteiger partial charge on any atom is 0.260 e. The Morgan fingerprint density at radius 2 is 1.79 bits per heavy atom. The van der Waals surface area contributed by atoms with Crippen molar-refractivity contribution in [3.8, 4) is 11.1 Å². The summed E-state index contributed by atoms with van der Waals surface area (Å²) >= 11 is 5.55. The lowest BCUT2D eigenvalue weighted by molar-refractivity contribution is 0.313. The Kier molecular flexibility index (Phi) is 7.24. The van der Waals surface area contributed by atoms with Gasteiger partial charge in [0.15, 0.2) is 4.90 Å². The molecule has 0 bridgehead atoms. The summed E-state index contributed by atoms with van der Waals surface area (Å²) in [6.07, 6.45) is 3.69. The second kappa shape index (κ2) is 10.8. The number of aromatic nitrogens is 3. The molecule has 0 radical (unpaired) electrons. The molecule has 1 saturated carbocycles. The number of aryl methyl sites for hydroxylation is 1. The van der Waals surface area contributed by atoms with Crippen molar-refractivity contribution < 1.29 is 4.55 Å². The van der Waals surface area contributed by atoms with Gasteiger partial charge in [-0.25, -0.2) is 4.98 Å². The number of nitrogens with one attached hydrogen (secondary N) is 1. The van der Waals surface area contributed by atoms with Gasteiger partial charge in [0.1, 0.15) is 10.9 Å². The van der Waals surface area contributed by atoms with E-state index in [0.717, 1.165) is 50.1 Å². The van der Waals surface area contributed by atoms with Crippen molar-refractivity contribution in [3.05, 3.63) is 70.1 Å². The topological polar surface area (TPSA) is 89.3 Å². The molecule has 2 aliphatic rings. The molecule has 2 aromatic carbocycles. The standard InChI is InChI=1S/C29H31ClN6O2S/c1-3-36-27-19(16-25(28(36)37)24-11-10-23(17-26(24)30)39(38)22-8-9-22)18-31-29(33-27)32-20-4-6-21(7-5-20)35-14-12-34(2)13-15-35/h4-7,10-11,16-18,22H,3,8-9,12-15H2,1-2H3,(H,31,32,33). The summed E-state index contributed by atoms with van der Waals surface area (Å²) in [5, 5.41) is 4.65. The Hall–Kier alpha value is -3.11. The van der Waals surface area contributed by atoms with Crippen LogP contribution in [0.4, 0.5) is 17.3 Å². The van der Waals surface area contributed by atoms with Crippen LogP contribution >= 0.6 is 11.6 Å². The van der Waals surface area contributed by atoms with Crippen molar-refractivity contribution in [1.82, 2.24) is 19.4 Å². The number of halogens is 1. The maximum absolute atomic E-state index is 13.5. The van der Waals surface area contributed by atoms with E-state index in [1.807, 2.05) is 25.1 Å². The first kappa shape index (κ1) is 26.1. The molecule has 1 aliphatic carbocycles. The van der Waals surface area contributed by atoms with Gasteiger partial charge in [0.2, 0.25) is 5.95 Å². The van der Waals surface area contributed by atoms with Crippen LogP contribution in [0.15, 0.2) is 64.4 Å². The van der Waals surface area contributed by atoms with Crippen LogP contribution in [0, 0.1) is 0 Å². The van der Waals surface area contributed by atoms with Crippen molar-refractivity contribution in [1.29, 1.82) is 0 Å². The van der Waals surface area contributed by atoms with Crippen molar-refractivity contribution in [3.63, 3.8) is 0 Å². The van der Waals surface area contributed by atoms with Gasteiger partial charge in [0, 0.05) is 85.7 Å². The molecule has 0 amide bonds. The molecule has 0 spiro atoms. The molecule has 2 fully saturated rings. The van der Waals surface area contributed by atoms with E-state index in [4.69, 9.17) is 16.6 Å². The zero-order valence-corrected chi connectivity index (χ0v) is 23.6. The van der Waals surface area contributed by atoms with E-state index in [1.54, 1.807) is 29.0 Å². The average molecular weight is 563 g/mol. The van der Waals surface area contributed by atoms with Gasteiger partial charge in [-0.05, 0) is 67.6 Å². The molecule has 6 rings (SSSR count). The predicted molar refractivity (Wildman–Crippen MR) is 159 cm³/mol. The van der Waals surface area contributed by atoms with Gasteiger partial charge in [0.25, 0.3) is 5.56 Å². The summed E-state index contributed by atoms with van der Waals surface area (Å²) in [6, 6.07) is 15.4. The van der Waals surface area contributed by atoms with Gasteiger partial charge in [0.05, 0.1) is 5.02 Å². The van der Waals surface area contributed by atoms with Crippen LogP contribution in [-0.4, -0.2) is 62.5 Å². The van der Waals surface area contributed by atoms with Crippen LogP contribution in [0.2, 0.25) is 5.02 Å². The normalized spacial score (nSPS) is 17.0. The van der Waals surface area contributed by atoms with Gasteiger partial charge in [-0.3, -0.25) is 9.36 Å². The highest BCUT2D eigenvalue weighted by molar-refractivity contribution is 7.92. The summed E-state index contributed by atoms with van der Waals surface area (Å²) in [6.45, 7) is 6.52. The lowest BCUT2D eigenvalue weighted by Gasteiger charge is -2.34. The van der Waals surface area contributed by atoms with E-state index in [9.17, 15) is 9.35 Å². The number of nitrogens with zero attached hydrogens (tertiary/aromatic N) is 5. The van der Waals surface area contributed by atoms with E-state index in [-0.39, 0.29) is 10.8 Å². The third-order valence-electron chi connectivity index (χ3n) is 7.43. The minimum absolute atomic E-state index is 0.177. The van der Waals surface area contributed by atoms with Crippen molar-refractivity contribution in [2.24, 2.45) is 0 Å². The average Bonchev–Trinajstić information content (AvgIpc) is 3.79. The van der Waals surface area contributed by atoms with Crippen LogP contribution in [0.1, 0.15) is 19.8 Å². The smallest absolute Gasteiger partial charge is 0.260 e. The fraction of sp³-hybridized carbons (Fsp3) is 0.345. The molecule has 1 aliphatic heterocycles. The van der Waals surface area contributed by atoms with Crippen molar-refractivity contribution >= 4 is 51.1 Å². The quantitative estimate of drug-likeness (QED) is 0.321. The first-order valence-corrected chi connectivity index (χ1v) is 14.9. The number of hydrogen-bond acceptors (Lipinski definition) is 7. The van der Waals surface area contributed by atoms with Crippen molar-refractivity contribution in [2.45, 2.75) is 36.5 Å². The molecule has 1 N–H and O–H groups in total. The zero-order valence-electron chi connectivity index (χ0n) is 22.1. The Morgan fingerprint density at radius 1 is 1.05 bits per heavy atom. The Labute approximate surface area is 235 Å². The number of fused-ring (bicyclic) bond motifs is 1. The monoisotopic (exact) mass is 562 g/mol. The van der Waals surface area contributed by atoms with Crippen LogP contribution in [0.25, 0.3) is 22.2 Å². The molecule has 1 unspecified atom stereocenters. The molecule has 1 atom stereocenters. The SMILES string of the molecule is CCn1c(=O)c(-c2ccc([S+]([O-])C3CC3)cc2Cl)cc2cnc(Nc3ccc(N4CCN(C)CC4)cc3)nc21. The van der Waals surface area contributed by atoms with Gasteiger partial charge >= 0.3 is 0 Å². The van der Waals surface area contributed by atoms with Crippen LogP contribution in [0.5, 0.6) is 0 Å². The highest BCUT2D eigenvalue weighted by atomic mass is 35.5. The Bertz CT molecular complexity index is 1570. The van der Waals surface area contributed by atoms with E-state index in [1.165, 1.54) is 5.69 Å². The molecule has 202 valence electrons. The third-order valence-corrected chi connectivity index (χ3v) is 9.53. The fourth-order valence-corrected chi connectivity index (χ4v) is 6.70. The number of likely N-dealkylation sites (N-methyl/N-ethyl adjacent to an activating group) is 1. The predicted octanol–water partition coefficient (Wildman–Crippen LogP) is 4.90. The van der Waals surface area contributed by atoms with E-state index in [2.05, 4.69) is 39.3 Å². The highest BCUT2D eigenvalue weighted by Crippen LogP contribution is 2.36. The molecule has 4 aromatic rings. The fourth-order valence-electron chi connectivity index (χ4n) is 4.97. The Balaban J connectivity index is 1.27. The highest BCUT2D eigenvalue weighted by Gasteiger charge is 2.36. The molecule has 3 heterocycles. The Morgan fingerprint density at radius 3 is 2.46 bits per heavy atom. The van der Waals surface area contributed by atoms with Gasteiger partial charge in [-0.15, -0.1) is 0 Å². The number of hydrogen-bond donors (Lipinski definition) is 1. The van der Waals surface area contributed by atoms with Crippen molar-refractivity contribution in [2.75, 3.05) is 43.4 Å². The molecule has 2 aromatic heterocycles. The lowest BCUT2D eigenvalue weighted by atomic mass is 10.1. The van der Waals surface area contributed by atoms with Gasteiger partial charge in [-0.2, -0.15) is 4.98 Å². The first-order valence-electron chi connectivity index (χ1n) is 13.3. The second-order valence-electron chi connectivity index (χ2n) is 10.2. The number of benzene rings is 2. The van der Waals surface area contributed by atoms with E-state index < -0.39 is 11.2 Å². The summed E-state index contributed by atoms with van der Waals surface area (Å²) < 4.78 is 14.2. The summed E-state index contributed by atoms with van der Waals surface area (Å²) in [4.78, 5) is 28.2. The molecule has 1 saturated heterocycles. The number of anilines is 3. The second-order valence-corrected chi connectivity index (χ2v) is 12.3. The maximum atomic E-state index is 13.5. The molecule has 39 heavy (non-hydrogen) atoms. The number of rotatable bonds is 7. The van der Waals surface area contributed by atoms with Crippen LogP contribution in [-0.2, 0) is 17.7 Å². The zero-order chi connectivity index (χ0) is 27.1. The molecular weight excluding hydrogens is 532 g/mol. The molecule has 10 heteroatoms. The minimum Gasteiger partial charge on any atom is -0.611 e. The number of piperazine rings is 1.